The van der Waals surface area contributed by atoms with Gasteiger partial charge in [0.05, 0.1) is 35.0 Å². The predicted molar refractivity (Wildman–Crippen MR) is 271 cm³/mol. The molecule has 6 rings (SSSR count). The molecular weight excluding hydrogens is 968 g/mol. The van der Waals surface area contributed by atoms with Gasteiger partial charge in [0.25, 0.3) is 11.6 Å². The molecule has 362 valence electrons. The van der Waals surface area contributed by atoms with Crippen molar-refractivity contribution < 1.29 is 28.7 Å². The summed E-state index contributed by atoms with van der Waals surface area (Å²) < 4.78 is 16.2. The minimum atomic E-state index is -1.05. The number of halogens is 5. The Bertz CT molecular complexity index is 2390. The number of nitrogens with zero attached hydrogens (tertiary/aromatic N) is 6. The summed E-state index contributed by atoms with van der Waals surface area (Å²) >= 11 is 28.7. The molecule has 5 aromatic rings. The molecule has 1 aliphatic heterocycles. The summed E-state index contributed by atoms with van der Waals surface area (Å²) in [7, 11) is 1.64. The molecule has 0 radical (unpaired) electrons. The highest BCUT2D eigenvalue weighted by Crippen LogP contribution is 2.39. The smallest absolute Gasteiger partial charge is 0.293 e. The Morgan fingerprint density at radius 2 is 1.63 bits per heavy atom. The summed E-state index contributed by atoms with van der Waals surface area (Å²) in [5.74, 6) is 2.11. The maximum atomic E-state index is 12.2. The first-order valence-corrected chi connectivity index (χ1v) is 23.2. The fraction of sp³-hybridized carbons (Fsp3) is 0.370. The number of methoxy groups -OCH3 is 1. The molecular formula is C46H56Cl5N9O7. The van der Waals surface area contributed by atoms with Crippen molar-refractivity contribution in [3.8, 4) is 17.2 Å². The van der Waals surface area contributed by atoms with E-state index in [1.165, 1.54) is 12.1 Å². The third-order valence-electron chi connectivity index (χ3n) is 9.29. The van der Waals surface area contributed by atoms with Gasteiger partial charge in [-0.1, -0.05) is 90.3 Å². The first kappa shape index (κ1) is 56.0. The van der Waals surface area contributed by atoms with Gasteiger partial charge in [0.2, 0.25) is 23.1 Å². The van der Waals surface area contributed by atoms with Crippen molar-refractivity contribution in [3.05, 3.63) is 116 Å². The molecule has 67 heavy (non-hydrogen) atoms. The van der Waals surface area contributed by atoms with Gasteiger partial charge in [-0.2, -0.15) is 15.0 Å². The lowest BCUT2D eigenvalue weighted by Crippen LogP contribution is -2.47. The zero-order valence-corrected chi connectivity index (χ0v) is 42.2. The molecule has 2 unspecified atom stereocenters. The number of anilines is 5. The molecule has 1 aliphatic rings. The third-order valence-corrected chi connectivity index (χ3v) is 10.5. The number of alkyl halides is 3. The van der Waals surface area contributed by atoms with Crippen LogP contribution in [0.3, 0.4) is 0 Å². The van der Waals surface area contributed by atoms with Crippen LogP contribution in [0.2, 0.25) is 10.3 Å². The Morgan fingerprint density at radius 3 is 2.22 bits per heavy atom. The van der Waals surface area contributed by atoms with E-state index in [9.17, 15) is 19.7 Å². The van der Waals surface area contributed by atoms with Gasteiger partial charge < -0.3 is 40.4 Å². The highest BCUT2D eigenvalue weighted by molar-refractivity contribution is 6.54. The van der Waals surface area contributed by atoms with Gasteiger partial charge in [-0.15, -0.1) is 11.6 Å². The van der Waals surface area contributed by atoms with Gasteiger partial charge in [-0.05, 0) is 101 Å². The second kappa shape index (κ2) is 28.1. The standard InChI is InChI=1S/C15H22ClNO2.C12H9ClN2O3.C11H11Cl2NO2.C8H14ClN5/c1-5-13-8-6-7-11(2)15(13)17(14(18)9-16)12(3)10-19-4;13-11-10(18-8-4-2-1-3-5-8)7-6-9(12(11)14)15(16)17;1-7-6-16-9-5-3-2-4-8(9)14(7)11(15)10(12)13;1-4-10-7-12-6(9)13-8(14-7)11-5(2)3/h6-8,12H,5,9-10H2,1-4H3;1-7H,14H2;2-5,7,10H,6H2,1H3;5H,4H2,1-3H3,(H2,10,11,12,13,14). The van der Waals surface area contributed by atoms with Gasteiger partial charge >= 0.3 is 0 Å². The number of nitrogen functional groups attached to an aromatic ring is 1. The van der Waals surface area contributed by atoms with Crippen LogP contribution in [-0.4, -0.2) is 87.4 Å². The minimum absolute atomic E-state index is 0.0223. The number of benzene rings is 4. The number of hydrogen-bond donors (Lipinski definition) is 3. The van der Waals surface area contributed by atoms with Crippen LogP contribution in [0.5, 0.6) is 17.2 Å². The first-order chi connectivity index (χ1) is 31.9. The molecule has 0 bridgehead atoms. The number of fused-ring (bicyclic) bond motifs is 1. The van der Waals surface area contributed by atoms with Crippen molar-refractivity contribution >= 4 is 104 Å². The molecule has 2 atom stereocenters. The number of aromatic nitrogens is 3. The Balaban J connectivity index is 0.000000238. The van der Waals surface area contributed by atoms with Crippen LogP contribution in [0.1, 0.15) is 52.7 Å². The Morgan fingerprint density at radius 1 is 0.970 bits per heavy atom. The Kier molecular flexibility index (Phi) is 23.5. The number of amides is 2. The number of rotatable bonds is 14. The van der Waals surface area contributed by atoms with Crippen molar-refractivity contribution in [3.63, 3.8) is 0 Å². The van der Waals surface area contributed by atoms with Crippen molar-refractivity contribution in [2.45, 2.75) is 77.8 Å². The van der Waals surface area contributed by atoms with Crippen molar-refractivity contribution in [2.24, 2.45) is 0 Å². The number of nitrogens with two attached hydrogens (primary N) is 1. The average molecular weight is 1020 g/mol. The summed E-state index contributed by atoms with van der Waals surface area (Å²) in [6.07, 6.45) is 0.878. The molecule has 0 aliphatic carbocycles. The van der Waals surface area contributed by atoms with Gasteiger partial charge in [-0.3, -0.25) is 19.7 Å². The molecule has 4 aromatic carbocycles. The lowest BCUT2D eigenvalue weighted by atomic mass is 10.0. The third kappa shape index (κ3) is 16.7. The number of aryl methyl sites for hydroxylation is 2. The largest absolute Gasteiger partial charge is 0.489 e. The number of nitro benzene ring substituents is 1. The van der Waals surface area contributed by atoms with Crippen molar-refractivity contribution in [1.29, 1.82) is 0 Å². The van der Waals surface area contributed by atoms with Crippen LogP contribution in [-0.2, 0) is 20.7 Å². The topological polar surface area (TPSA) is 200 Å². The quantitative estimate of drug-likeness (QED) is 0.0411. The first-order valence-electron chi connectivity index (χ1n) is 21.0. The number of hydrogen-bond acceptors (Lipinski definition) is 13. The summed E-state index contributed by atoms with van der Waals surface area (Å²) in [5, 5.41) is 16.9. The van der Waals surface area contributed by atoms with E-state index in [1.807, 2.05) is 84.0 Å². The number of ether oxygens (including phenoxy) is 3. The fourth-order valence-electron chi connectivity index (χ4n) is 6.39. The number of nitrogens with one attached hydrogen (secondary N) is 2. The van der Waals surface area contributed by atoms with E-state index in [0.29, 0.717) is 36.6 Å². The normalized spacial score (nSPS) is 12.9. The average Bonchev–Trinajstić information content (AvgIpc) is 3.29. The molecule has 1 aromatic heterocycles. The monoisotopic (exact) mass is 1020 g/mol. The van der Waals surface area contributed by atoms with Crippen LogP contribution in [0.25, 0.3) is 0 Å². The summed E-state index contributed by atoms with van der Waals surface area (Å²) in [6, 6.07) is 25.2. The lowest BCUT2D eigenvalue weighted by Gasteiger charge is -2.35. The van der Waals surface area contributed by atoms with Gasteiger partial charge in [0, 0.05) is 25.8 Å². The van der Waals surface area contributed by atoms with Crippen LogP contribution in [0, 0.1) is 17.0 Å². The minimum Gasteiger partial charge on any atom is -0.489 e. The molecule has 2 amide bonds. The fourth-order valence-corrected chi connectivity index (χ4v) is 7.09. The van der Waals surface area contributed by atoms with E-state index >= 15 is 0 Å². The van der Waals surface area contributed by atoms with E-state index in [1.54, 1.807) is 41.2 Å². The molecule has 0 fully saturated rings. The Hall–Kier alpha value is -5.36. The van der Waals surface area contributed by atoms with Crippen LogP contribution in [0.4, 0.5) is 34.6 Å². The number of nitro groups is 1. The van der Waals surface area contributed by atoms with Gasteiger partial charge in [0.1, 0.15) is 40.4 Å². The lowest BCUT2D eigenvalue weighted by molar-refractivity contribution is -0.383. The Labute approximate surface area is 416 Å². The zero-order chi connectivity index (χ0) is 49.8. The number of para-hydroxylation sites is 4. The zero-order valence-electron chi connectivity index (χ0n) is 38.4. The molecule has 0 spiro atoms. The van der Waals surface area contributed by atoms with E-state index in [2.05, 4.69) is 38.6 Å². The maximum Gasteiger partial charge on any atom is 0.293 e. The summed E-state index contributed by atoms with van der Waals surface area (Å²) in [6.45, 7) is 15.6. The number of carbonyl (C=O) groups is 2. The molecule has 4 N–H and O–H groups in total. The molecule has 16 nitrogen and oxygen atoms in total. The van der Waals surface area contributed by atoms with E-state index in [-0.39, 0.29) is 63.3 Å². The van der Waals surface area contributed by atoms with Crippen molar-refractivity contribution in [1.82, 2.24) is 15.0 Å². The second-order valence-electron chi connectivity index (χ2n) is 14.8. The summed E-state index contributed by atoms with van der Waals surface area (Å²) in [4.78, 5) is 48.5. The van der Waals surface area contributed by atoms with E-state index in [0.717, 1.165) is 35.5 Å². The van der Waals surface area contributed by atoms with Gasteiger partial charge in [0.15, 0.2) is 4.84 Å². The molecule has 0 saturated heterocycles. The van der Waals surface area contributed by atoms with Gasteiger partial charge in [-0.25, -0.2) is 0 Å². The van der Waals surface area contributed by atoms with Crippen molar-refractivity contribution in [2.75, 3.05) is 58.9 Å². The maximum absolute atomic E-state index is 12.2. The van der Waals surface area contributed by atoms with E-state index in [4.69, 9.17) is 77.9 Å². The van der Waals surface area contributed by atoms with Crippen LogP contribution < -0.4 is 35.6 Å². The van der Waals surface area contributed by atoms with E-state index < -0.39 is 9.76 Å². The molecule has 2 heterocycles. The molecule has 0 saturated carbocycles. The second-order valence-corrected chi connectivity index (χ2v) is 16.9. The summed E-state index contributed by atoms with van der Waals surface area (Å²) in [5.41, 5.74) is 9.18. The highest BCUT2D eigenvalue weighted by Gasteiger charge is 2.32. The van der Waals surface area contributed by atoms with Crippen LogP contribution in [0.15, 0.2) is 84.9 Å². The number of carbonyl (C=O) groups excluding carboxylic acids is 2. The van der Waals surface area contributed by atoms with Crippen LogP contribution >= 0.6 is 58.0 Å². The predicted octanol–water partition coefficient (Wildman–Crippen LogP) is 11.2. The highest BCUT2D eigenvalue weighted by atomic mass is 35.5. The SMILES string of the molecule is CC1COc2ccccc2N1C(=O)C(Cl)Cl.CCNc1nc(Cl)nc(NC(C)C)n1.CCc1cccc(C)c1N(C(=O)CCl)C(C)COC.Nc1c([N+](=O)[O-])ccc(Oc2ccccc2)c1Cl. The molecule has 21 heteroatoms.